The van der Waals surface area contributed by atoms with Crippen molar-refractivity contribution >= 4 is 27.5 Å². The minimum atomic E-state index is -0.0260. The average Bonchev–Trinajstić information content (AvgIpc) is 2.90. The summed E-state index contributed by atoms with van der Waals surface area (Å²) < 4.78 is 2.32. The molecule has 0 aliphatic carbocycles. The van der Waals surface area contributed by atoms with Crippen molar-refractivity contribution in [3.63, 3.8) is 0 Å². The van der Waals surface area contributed by atoms with E-state index in [1.54, 1.807) is 0 Å². The third-order valence-electron chi connectivity index (χ3n) is 6.21. The Kier molecular flexibility index (Phi) is 3.06. The molecule has 1 aliphatic rings. The van der Waals surface area contributed by atoms with Crippen LogP contribution in [0, 0.1) is 0 Å². The standard InChI is InChI=1S/C24H24N2/c1-24(2)18-11-7-5-9-16(18)15-25(3)23-19(24)13-14-21-22(23)17-10-6-8-12-20(17)26(21)4/h5-14H,15H2,1-4H3. The topological polar surface area (TPSA) is 8.17 Å². The van der Waals surface area contributed by atoms with E-state index in [1.807, 2.05) is 0 Å². The molecule has 130 valence electrons. The largest absolute Gasteiger partial charge is 0.369 e. The Bertz CT molecular complexity index is 1160. The highest BCUT2D eigenvalue weighted by molar-refractivity contribution is 6.15. The first kappa shape index (κ1) is 15.5. The van der Waals surface area contributed by atoms with Crippen LogP contribution in [-0.2, 0) is 19.0 Å². The molecule has 0 saturated heterocycles. The second-order valence-electron chi connectivity index (χ2n) is 8.07. The molecule has 0 fully saturated rings. The molecule has 3 aromatic carbocycles. The van der Waals surface area contributed by atoms with Gasteiger partial charge in [-0.1, -0.05) is 62.4 Å². The predicted octanol–water partition coefficient (Wildman–Crippen LogP) is 5.61. The third kappa shape index (κ3) is 1.87. The fourth-order valence-corrected chi connectivity index (χ4v) is 4.88. The molecule has 1 aromatic heterocycles. The number of benzene rings is 3. The SMILES string of the molecule is CN1Cc2ccccc2C(C)(C)c2ccc3c(c21)c1ccccc1n3C. The van der Waals surface area contributed by atoms with Gasteiger partial charge in [-0.05, 0) is 28.8 Å². The Morgan fingerprint density at radius 3 is 2.35 bits per heavy atom. The molecule has 0 unspecified atom stereocenters. The number of anilines is 1. The molecule has 2 heterocycles. The summed E-state index contributed by atoms with van der Waals surface area (Å²) in [6.07, 6.45) is 0. The Morgan fingerprint density at radius 1 is 0.769 bits per heavy atom. The lowest BCUT2D eigenvalue weighted by Crippen LogP contribution is -2.20. The zero-order valence-electron chi connectivity index (χ0n) is 15.9. The number of hydrogen-bond donors (Lipinski definition) is 0. The second-order valence-corrected chi connectivity index (χ2v) is 8.07. The van der Waals surface area contributed by atoms with Crippen LogP contribution in [0.3, 0.4) is 0 Å². The summed E-state index contributed by atoms with van der Waals surface area (Å²) in [6, 6.07) is 22.3. The van der Waals surface area contributed by atoms with Crippen molar-refractivity contribution < 1.29 is 0 Å². The van der Waals surface area contributed by atoms with Crippen molar-refractivity contribution in [3.05, 3.63) is 77.4 Å². The number of rotatable bonds is 0. The van der Waals surface area contributed by atoms with E-state index in [-0.39, 0.29) is 5.41 Å². The van der Waals surface area contributed by atoms with Gasteiger partial charge in [0.25, 0.3) is 0 Å². The summed E-state index contributed by atoms with van der Waals surface area (Å²) in [5.41, 5.74) is 8.22. The minimum absolute atomic E-state index is 0.0260. The molecule has 0 radical (unpaired) electrons. The predicted molar refractivity (Wildman–Crippen MR) is 111 cm³/mol. The summed E-state index contributed by atoms with van der Waals surface area (Å²) in [5, 5.41) is 2.72. The summed E-state index contributed by atoms with van der Waals surface area (Å²) >= 11 is 0. The number of aryl methyl sites for hydroxylation is 1. The van der Waals surface area contributed by atoms with Crippen LogP contribution in [0.15, 0.2) is 60.7 Å². The molecule has 0 spiro atoms. The summed E-state index contributed by atoms with van der Waals surface area (Å²) in [7, 11) is 4.41. The molecule has 4 aromatic rings. The molecule has 0 atom stereocenters. The third-order valence-corrected chi connectivity index (χ3v) is 6.21. The molecule has 0 N–H and O–H groups in total. The number of para-hydroxylation sites is 1. The van der Waals surface area contributed by atoms with Crippen LogP contribution in [0.4, 0.5) is 5.69 Å². The second kappa shape index (κ2) is 5.14. The van der Waals surface area contributed by atoms with Crippen molar-refractivity contribution in [2.75, 3.05) is 11.9 Å². The summed E-state index contributed by atoms with van der Waals surface area (Å²) in [4.78, 5) is 2.44. The lowest BCUT2D eigenvalue weighted by atomic mass is 9.76. The van der Waals surface area contributed by atoms with Crippen LogP contribution < -0.4 is 4.90 Å². The molecule has 1 aliphatic heterocycles. The maximum Gasteiger partial charge on any atom is 0.0510 e. The van der Waals surface area contributed by atoms with Gasteiger partial charge in [0.2, 0.25) is 0 Å². The van der Waals surface area contributed by atoms with Gasteiger partial charge in [-0.25, -0.2) is 0 Å². The van der Waals surface area contributed by atoms with Crippen LogP contribution in [0.25, 0.3) is 21.8 Å². The molecule has 0 saturated carbocycles. The molecular formula is C24H24N2. The monoisotopic (exact) mass is 340 g/mol. The molecule has 0 bridgehead atoms. The van der Waals surface area contributed by atoms with Crippen LogP contribution >= 0.6 is 0 Å². The van der Waals surface area contributed by atoms with Gasteiger partial charge in [-0.15, -0.1) is 0 Å². The van der Waals surface area contributed by atoms with Gasteiger partial charge in [0, 0.05) is 42.3 Å². The average molecular weight is 340 g/mol. The number of nitrogens with zero attached hydrogens (tertiary/aromatic N) is 2. The van der Waals surface area contributed by atoms with Crippen molar-refractivity contribution in [2.24, 2.45) is 7.05 Å². The van der Waals surface area contributed by atoms with Gasteiger partial charge in [-0.2, -0.15) is 0 Å². The quantitative estimate of drug-likeness (QED) is 0.404. The molecule has 2 nitrogen and oxygen atoms in total. The lowest BCUT2D eigenvalue weighted by Gasteiger charge is -2.29. The first-order valence-electron chi connectivity index (χ1n) is 9.30. The lowest BCUT2D eigenvalue weighted by molar-refractivity contribution is 0.642. The summed E-state index contributed by atoms with van der Waals surface area (Å²) in [6.45, 7) is 5.66. The molecule has 2 heteroatoms. The highest BCUT2D eigenvalue weighted by atomic mass is 15.1. The van der Waals surface area contributed by atoms with Gasteiger partial charge in [0.1, 0.15) is 0 Å². The van der Waals surface area contributed by atoms with Gasteiger partial charge < -0.3 is 9.47 Å². The van der Waals surface area contributed by atoms with Gasteiger partial charge >= 0.3 is 0 Å². The van der Waals surface area contributed by atoms with Crippen molar-refractivity contribution in [1.29, 1.82) is 0 Å². The highest BCUT2D eigenvalue weighted by Gasteiger charge is 2.34. The Morgan fingerprint density at radius 2 is 1.50 bits per heavy atom. The van der Waals surface area contributed by atoms with Crippen molar-refractivity contribution in [2.45, 2.75) is 25.8 Å². The Hall–Kier alpha value is -2.74. The highest BCUT2D eigenvalue weighted by Crippen LogP contribution is 2.47. The van der Waals surface area contributed by atoms with E-state index in [2.05, 4.69) is 98.1 Å². The Balaban J connectivity index is 1.96. The maximum atomic E-state index is 2.44. The maximum absolute atomic E-state index is 2.44. The van der Waals surface area contributed by atoms with E-state index in [0.717, 1.165) is 6.54 Å². The van der Waals surface area contributed by atoms with Crippen LogP contribution in [-0.4, -0.2) is 11.6 Å². The van der Waals surface area contributed by atoms with Gasteiger partial charge in [0.05, 0.1) is 11.2 Å². The van der Waals surface area contributed by atoms with E-state index in [4.69, 9.17) is 0 Å². The van der Waals surface area contributed by atoms with E-state index in [9.17, 15) is 0 Å². The normalized spacial score (nSPS) is 15.8. The van der Waals surface area contributed by atoms with E-state index >= 15 is 0 Å². The zero-order chi connectivity index (χ0) is 18.1. The zero-order valence-corrected chi connectivity index (χ0v) is 15.9. The van der Waals surface area contributed by atoms with E-state index < -0.39 is 0 Å². The minimum Gasteiger partial charge on any atom is -0.369 e. The van der Waals surface area contributed by atoms with Crippen LogP contribution in [0.5, 0.6) is 0 Å². The first-order valence-corrected chi connectivity index (χ1v) is 9.30. The van der Waals surface area contributed by atoms with Crippen molar-refractivity contribution in [3.8, 4) is 0 Å². The molecule has 26 heavy (non-hydrogen) atoms. The number of fused-ring (bicyclic) bond motifs is 6. The number of hydrogen-bond acceptors (Lipinski definition) is 1. The number of aromatic nitrogens is 1. The van der Waals surface area contributed by atoms with Crippen LogP contribution in [0.2, 0.25) is 0 Å². The van der Waals surface area contributed by atoms with Crippen molar-refractivity contribution in [1.82, 2.24) is 4.57 Å². The molecular weight excluding hydrogens is 316 g/mol. The smallest absolute Gasteiger partial charge is 0.0510 e. The van der Waals surface area contributed by atoms with Gasteiger partial charge in [0.15, 0.2) is 0 Å². The molecule has 5 rings (SSSR count). The fraction of sp³-hybridized carbons (Fsp3) is 0.250. The fourth-order valence-electron chi connectivity index (χ4n) is 4.88. The first-order chi connectivity index (χ1) is 12.5. The van der Waals surface area contributed by atoms with Crippen LogP contribution in [0.1, 0.15) is 30.5 Å². The van der Waals surface area contributed by atoms with Gasteiger partial charge in [-0.3, -0.25) is 0 Å². The Labute approximate surface area is 154 Å². The van der Waals surface area contributed by atoms with E-state index in [0.29, 0.717) is 0 Å². The summed E-state index contributed by atoms with van der Waals surface area (Å²) in [5.74, 6) is 0. The van der Waals surface area contributed by atoms with E-state index in [1.165, 1.54) is 44.2 Å². The molecule has 0 amide bonds.